The van der Waals surface area contributed by atoms with Crippen LogP contribution in [0, 0.1) is 15.3 Å². The van der Waals surface area contributed by atoms with Gasteiger partial charge < -0.3 is 30.2 Å². The highest BCUT2D eigenvalue weighted by atomic mass is 127. The van der Waals surface area contributed by atoms with Crippen LogP contribution in [0.15, 0.2) is 109 Å². The Hall–Kier alpha value is -5.79. The lowest BCUT2D eigenvalue weighted by Crippen LogP contribution is -2.29. The molecule has 0 bridgehead atoms. The molecule has 2 fully saturated rings. The normalized spacial score (nSPS) is 17.4. The van der Waals surface area contributed by atoms with Crippen molar-refractivity contribution in [2.75, 3.05) is 23.8 Å². The minimum Gasteiger partial charge on any atom is -0.423 e. The van der Waals surface area contributed by atoms with Crippen LogP contribution in [0.5, 0.6) is 0 Å². The smallest absolute Gasteiger partial charge is 0.423 e. The van der Waals surface area contributed by atoms with Gasteiger partial charge in [-0.05, 0) is 152 Å². The van der Waals surface area contributed by atoms with Gasteiger partial charge in [-0.15, -0.1) is 0 Å². The summed E-state index contributed by atoms with van der Waals surface area (Å²) in [4.78, 5) is 9.37. The molecule has 16 heteroatoms. The SMILES string of the molecule is Fc1cc2c(-c3ccccc3)nn(C3CCCCO3)c2nc1Nc1cccc2c1CCC2.Fc1cc2c(I)nn(C3CCCCO3)c2nc1Nc1cccc2c1CCC2.OB(O)c1ccccc1. The number of benzene rings is 4. The zero-order chi connectivity index (χ0) is 46.6. The summed E-state index contributed by atoms with van der Waals surface area (Å²) in [6.07, 6.45) is 12.2. The maximum absolute atomic E-state index is 15.3. The quantitative estimate of drug-likeness (QED) is 0.0858. The minimum atomic E-state index is -1.34. The van der Waals surface area contributed by atoms with Gasteiger partial charge in [-0.2, -0.15) is 10.2 Å². The van der Waals surface area contributed by atoms with E-state index in [-0.39, 0.29) is 35.7 Å². The molecule has 4 aromatic heterocycles. The predicted octanol–water partition coefficient (Wildman–Crippen LogP) is 10.6. The first-order valence-electron chi connectivity index (χ1n) is 23.6. The zero-order valence-corrected chi connectivity index (χ0v) is 39.7. The van der Waals surface area contributed by atoms with Crippen molar-refractivity contribution in [3.63, 3.8) is 0 Å². The summed E-state index contributed by atoms with van der Waals surface area (Å²) in [5.41, 5.74) is 10.6. The number of aromatic nitrogens is 6. The van der Waals surface area contributed by atoms with Gasteiger partial charge in [0.05, 0.1) is 10.8 Å². The van der Waals surface area contributed by atoms with Gasteiger partial charge >= 0.3 is 7.12 Å². The Bertz CT molecular complexity index is 3040. The summed E-state index contributed by atoms with van der Waals surface area (Å²) >= 11 is 2.14. The molecule has 12 nitrogen and oxygen atoms in total. The Kier molecular flexibility index (Phi) is 14.1. The number of anilines is 4. The van der Waals surface area contributed by atoms with Crippen LogP contribution in [-0.4, -0.2) is 59.9 Å². The number of nitrogens with zero attached hydrogens (tertiary/aromatic N) is 6. The predicted molar refractivity (Wildman–Crippen MR) is 271 cm³/mol. The van der Waals surface area contributed by atoms with E-state index in [0.717, 1.165) is 115 Å². The number of aryl methyl sites for hydroxylation is 2. The number of nitrogens with one attached hydrogen (secondary N) is 2. The molecular formula is C52H52BF2IN8O4. The van der Waals surface area contributed by atoms with Crippen molar-refractivity contribution in [2.24, 2.45) is 0 Å². The lowest BCUT2D eigenvalue weighted by molar-refractivity contribution is -0.0372. The fourth-order valence-corrected chi connectivity index (χ4v) is 10.2. The van der Waals surface area contributed by atoms with Crippen LogP contribution in [-0.2, 0) is 35.2 Å². The minimum absolute atomic E-state index is 0.128. The van der Waals surface area contributed by atoms with Crippen LogP contribution in [0.1, 0.15) is 86.1 Å². The molecule has 0 spiro atoms. The second-order valence-electron chi connectivity index (χ2n) is 17.5. The van der Waals surface area contributed by atoms with Crippen LogP contribution in [0.4, 0.5) is 31.8 Å². The molecule has 6 heterocycles. The average Bonchev–Trinajstić information content (AvgIpc) is 4.20. The summed E-state index contributed by atoms with van der Waals surface area (Å²) in [5, 5.41) is 34.5. The van der Waals surface area contributed by atoms with Crippen LogP contribution in [0.25, 0.3) is 33.3 Å². The topological polar surface area (TPSA) is 144 Å². The molecule has 8 aromatic rings. The Morgan fingerprint density at radius 3 is 1.62 bits per heavy atom. The number of ether oxygens (including phenoxy) is 2. The summed E-state index contributed by atoms with van der Waals surface area (Å²) in [7, 11) is -1.34. The van der Waals surface area contributed by atoms with Gasteiger partial charge in [0.1, 0.15) is 9.39 Å². The van der Waals surface area contributed by atoms with Crippen molar-refractivity contribution >= 4 is 80.2 Å². The van der Waals surface area contributed by atoms with Crippen molar-refractivity contribution in [3.05, 3.63) is 147 Å². The molecule has 0 radical (unpaired) electrons. The van der Waals surface area contributed by atoms with E-state index in [0.29, 0.717) is 28.8 Å². The van der Waals surface area contributed by atoms with E-state index in [4.69, 9.17) is 29.6 Å². The molecule has 2 aliphatic carbocycles. The summed E-state index contributed by atoms with van der Waals surface area (Å²) < 4.78 is 46.4. The Labute approximate surface area is 407 Å². The van der Waals surface area contributed by atoms with Gasteiger partial charge in [0.2, 0.25) is 0 Å². The summed E-state index contributed by atoms with van der Waals surface area (Å²) in [6, 6.07) is 34.0. The number of hydrogen-bond donors (Lipinski definition) is 4. The molecule has 12 rings (SSSR count). The number of pyridine rings is 2. The Balaban J connectivity index is 0.000000136. The van der Waals surface area contributed by atoms with Crippen molar-refractivity contribution in [3.8, 4) is 11.3 Å². The molecule has 4 N–H and O–H groups in total. The third-order valence-electron chi connectivity index (χ3n) is 13.0. The van der Waals surface area contributed by atoms with Crippen LogP contribution in [0.2, 0.25) is 0 Å². The maximum Gasteiger partial charge on any atom is 0.488 e. The van der Waals surface area contributed by atoms with E-state index in [1.165, 1.54) is 28.3 Å². The zero-order valence-electron chi connectivity index (χ0n) is 37.6. The van der Waals surface area contributed by atoms with Gasteiger partial charge in [-0.25, -0.2) is 28.1 Å². The van der Waals surface area contributed by atoms with E-state index in [1.54, 1.807) is 30.3 Å². The first kappa shape index (κ1) is 46.0. The first-order valence-corrected chi connectivity index (χ1v) is 24.6. The molecule has 4 aliphatic rings. The number of hydrogen-bond acceptors (Lipinski definition) is 10. The highest BCUT2D eigenvalue weighted by Crippen LogP contribution is 2.37. The fourth-order valence-electron chi connectivity index (χ4n) is 9.61. The lowest BCUT2D eigenvalue weighted by atomic mass is 9.81. The van der Waals surface area contributed by atoms with E-state index in [9.17, 15) is 4.39 Å². The third-order valence-corrected chi connectivity index (χ3v) is 13.8. The average molecular weight is 1030 g/mol. The van der Waals surface area contributed by atoms with Crippen molar-refractivity contribution < 1.29 is 28.3 Å². The summed E-state index contributed by atoms with van der Waals surface area (Å²) in [5.74, 6) is -0.264. The molecule has 348 valence electrons. The largest absolute Gasteiger partial charge is 0.488 e. The molecule has 68 heavy (non-hydrogen) atoms. The molecule has 4 aromatic carbocycles. The van der Waals surface area contributed by atoms with Crippen molar-refractivity contribution in [1.82, 2.24) is 29.5 Å². The van der Waals surface area contributed by atoms with Crippen LogP contribution < -0.4 is 16.1 Å². The molecule has 2 aliphatic heterocycles. The number of halogens is 3. The first-order chi connectivity index (χ1) is 33.3. The van der Waals surface area contributed by atoms with E-state index in [2.05, 4.69) is 55.4 Å². The van der Waals surface area contributed by atoms with E-state index >= 15 is 4.39 Å². The Morgan fingerprint density at radius 1 is 0.588 bits per heavy atom. The van der Waals surface area contributed by atoms with E-state index < -0.39 is 7.12 Å². The second-order valence-corrected chi connectivity index (χ2v) is 18.6. The van der Waals surface area contributed by atoms with Gasteiger partial charge in [-0.3, -0.25) is 0 Å². The van der Waals surface area contributed by atoms with Crippen LogP contribution in [0.3, 0.4) is 0 Å². The van der Waals surface area contributed by atoms with Gasteiger partial charge in [0.15, 0.2) is 47.0 Å². The third kappa shape index (κ3) is 9.88. The summed E-state index contributed by atoms with van der Waals surface area (Å²) in [6.45, 7) is 1.43. The van der Waals surface area contributed by atoms with Gasteiger partial charge in [0.25, 0.3) is 0 Å². The highest BCUT2D eigenvalue weighted by molar-refractivity contribution is 14.1. The second kappa shape index (κ2) is 20.8. The molecule has 2 saturated heterocycles. The van der Waals surface area contributed by atoms with Gasteiger partial charge in [0, 0.05) is 30.2 Å². The molecule has 2 unspecified atom stereocenters. The molecule has 0 saturated carbocycles. The standard InChI is InChI=1S/C26H25FN4O.C20H20FIN4O.C6H7BO2/c27-21-16-20-24(18-8-2-1-3-9-18)30-31(23-14-4-5-15-32-23)26(20)29-25(21)28-22-13-7-11-17-10-6-12-19(17)22;21-15-11-14-18(22)25-26(17-9-1-2-10-27-17)20(14)24-19(15)23-16-8-4-6-12-5-3-7-13(12)16;8-7(9)6-4-2-1-3-5-6/h1-3,7-9,11,13,16,23H,4-6,10,12,14-15H2,(H,28,29);4,6,8,11,17H,1-3,5,7,9-10H2,(H,23,24);1-5,8-9H. The van der Waals surface area contributed by atoms with Crippen molar-refractivity contribution in [2.45, 2.75) is 89.5 Å². The van der Waals surface area contributed by atoms with E-state index in [1.807, 2.05) is 70.0 Å². The number of rotatable bonds is 8. The lowest BCUT2D eigenvalue weighted by Gasteiger charge is -2.23. The van der Waals surface area contributed by atoms with Crippen molar-refractivity contribution in [1.29, 1.82) is 0 Å². The molecule has 2 atom stereocenters. The monoisotopic (exact) mass is 1030 g/mol. The number of fused-ring (bicyclic) bond motifs is 4. The molecule has 0 amide bonds. The van der Waals surface area contributed by atoms with Gasteiger partial charge in [-0.1, -0.05) is 84.9 Å². The Morgan fingerprint density at radius 2 is 1.10 bits per heavy atom. The maximum atomic E-state index is 15.3. The highest BCUT2D eigenvalue weighted by Gasteiger charge is 2.26. The van der Waals surface area contributed by atoms with Crippen LogP contribution >= 0.6 is 22.6 Å². The molecular weight excluding hydrogens is 976 g/mol. The fraction of sp³-hybridized carbons (Fsp3) is 0.308.